The van der Waals surface area contributed by atoms with Crippen molar-refractivity contribution in [3.63, 3.8) is 0 Å². The molecule has 0 saturated carbocycles. The van der Waals surface area contributed by atoms with Crippen LogP contribution in [0.5, 0.6) is 0 Å². The Hall–Kier alpha value is -1.64. The van der Waals surface area contributed by atoms with E-state index in [1.165, 1.54) is 16.0 Å². The molecule has 2 N–H and O–H groups in total. The van der Waals surface area contributed by atoms with E-state index in [0.717, 1.165) is 32.4 Å². The second-order valence-corrected chi connectivity index (χ2v) is 8.47. The first-order chi connectivity index (χ1) is 13.8. The van der Waals surface area contributed by atoms with Gasteiger partial charge in [-0.3, -0.25) is 9.69 Å². The van der Waals surface area contributed by atoms with Gasteiger partial charge in [0.05, 0.1) is 6.67 Å². The molecule has 2 heterocycles. The van der Waals surface area contributed by atoms with Crippen molar-refractivity contribution < 1.29 is 23.1 Å². The number of amides is 1. The van der Waals surface area contributed by atoms with Crippen LogP contribution in [0.15, 0.2) is 24.3 Å². The molecule has 0 bridgehead atoms. The first-order valence-corrected chi connectivity index (χ1v) is 10.4. The highest BCUT2D eigenvalue weighted by Crippen LogP contribution is 2.39. The van der Waals surface area contributed by atoms with Crippen LogP contribution >= 0.6 is 0 Å². The van der Waals surface area contributed by atoms with Gasteiger partial charge < -0.3 is 15.3 Å². The summed E-state index contributed by atoms with van der Waals surface area (Å²) in [6.07, 6.45) is -3.44. The molecular weight excluding hydrogens is 383 g/mol. The quantitative estimate of drug-likeness (QED) is 0.797. The Morgan fingerprint density at radius 2 is 1.90 bits per heavy atom. The zero-order valence-electron chi connectivity index (χ0n) is 16.4. The van der Waals surface area contributed by atoms with E-state index in [0.29, 0.717) is 19.5 Å². The van der Waals surface area contributed by atoms with Crippen LogP contribution in [0.2, 0.25) is 0 Å². The third-order valence-corrected chi connectivity index (χ3v) is 6.80. The van der Waals surface area contributed by atoms with E-state index in [1.54, 1.807) is 0 Å². The number of hydrogen-bond acceptors (Lipinski definition) is 4. The summed E-state index contributed by atoms with van der Waals surface area (Å²) in [5.41, 5.74) is 2.01. The highest BCUT2D eigenvalue weighted by Gasteiger charge is 2.55. The molecule has 29 heavy (non-hydrogen) atoms. The van der Waals surface area contributed by atoms with Gasteiger partial charge in [-0.2, -0.15) is 13.2 Å². The molecule has 0 radical (unpaired) electrons. The first kappa shape index (κ1) is 20.6. The van der Waals surface area contributed by atoms with Crippen LogP contribution in [0.25, 0.3) is 0 Å². The predicted molar refractivity (Wildman–Crippen MR) is 102 cm³/mol. The largest absolute Gasteiger partial charge is 0.414 e. The van der Waals surface area contributed by atoms with Crippen molar-refractivity contribution in [2.24, 2.45) is 0 Å². The summed E-state index contributed by atoms with van der Waals surface area (Å²) < 4.78 is 38.1. The number of rotatable bonds is 4. The normalized spacial score (nSPS) is 26.0. The maximum Gasteiger partial charge on any atom is 0.414 e. The van der Waals surface area contributed by atoms with Crippen LogP contribution < -0.4 is 5.32 Å². The molecule has 0 unspecified atom stereocenters. The Bertz CT molecular complexity index is 749. The number of carbonyl (C=O) groups excluding carboxylic acids is 1. The first-order valence-electron chi connectivity index (χ1n) is 10.4. The van der Waals surface area contributed by atoms with Crippen LogP contribution in [0.3, 0.4) is 0 Å². The molecule has 2 saturated heterocycles. The van der Waals surface area contributed by atoms with Gasteiger partial charge in [0.2, 0.25) is 5.91 Å². The number of carbonyl (C=O) groups is 1. The van der Waals surface area contributed by atoms with Crippen LogP contribution in [0, 0.1) is 0 Å². The topological polar surface area (TPSA) is 55.8 Å². The summed E-state index contributed by atoms with van der Waals surface area (Å²) in [6, 6.07) is 8.55. The minimum atomic E-state index is -4.65. The molecule has 160 valence electrons. The number of halogens is 3. The van der Waals surface area contributed by atoms with E-state index in [1.807, 2.05) is 12.1 Å². The lowest BCUT2D eigenvalue weighted by atomic mass is 9.81. The van der Waals surface area contributed by atoms with E-state index >= 15 is 0 Å². The van der Waals surface area contributed by atoms with Gasteiger partial charge in [-0.1, -0.05) is 24.3 Å². The third kappa shape index (κ3) is 3.90. The number of aliphatic hydroxyl groups excluding tert-OH is 1. The molecule has 3 aliphatic rings. The van der Waals surface area contributed by atoms with Gasteiger partial charge in [0.1, 0.15) is 5.54 Å². The number of benzene rings is 1. The molecule has 2 aliphatic heterocycles. The summed E-state index contributed by atoms with van der Waals surface area (Å²) in [6.45, 7) is 1.72. The van der Waals surface area contributed by atoms with Crippen LogP contribution in [0.4, 0.5) is 13.2 Å². The number of piperidine rings is 1. The molecule has 1 aliphatic carbocycles. The molecule has 2 fully saturated rings. The van der Waals surface area contributed by atoms with Gasteiger partial charge in [0.25, 0.3) is 0 Å². The second kappa shape index (κ2) is 7.89. The van der Waals surface area contributed by atoms with Crippen molar-refractivity contribution >= 4 is 5.91 Å². The number of nitrogens with one attached hydrogen (secondary N) is 1. The molecule has 8 heteroatoms. The summed E-state index contributed by atoms with van der Waals surface area (Å²) in [5, 5.41) is 12.7. The summed E-state index contributed by atoms with van der Waals surface area (Å²) >= 11 is 0. The van der Waals surface area contributed by atoms with Crippen LogP contribution in [-0.4, -0.2) is 71.0 Å². The predicted octanol–water partition coefficient (Wildman–Crippen LogP) is 2.08. The lowest BCUT2D eigenvalue weighted by Gasteiger charge is -2.44. The fraction of sp³-hybridized carbons (Fsp3) is 0.667. The summed E-state index contributed by atoms with van der Waals surface area (Å²) in [4.78, 5) is 17.1. The number of nitrogens with zero attached hydrogens (tertiary/aromatic N) is 2. The summed E-state index contributed by atoms with van der Waals surface area (Å²) in [7, 11) is 0. The second-order valence-electron chi connectivity index (χ2n) is 8.47. The molecule has 4 rings (SSSR count). The summed E-state index contributed by atoms with van der Waals surface area (Å²) in [5.74, 6) is -0.0766. The van der Waals surface area contributed by atoms with Crippen LogP contribution in [-0.2, 0) is 17.6 Å². The molecule has 1 amide bonds. The lowest BCUT2D eigenvalue weighted by Crippen LogP contribution is -2.59. The number of aliphatic hydroxyl groups is 1. The monoisotopic (exact) mass is 411 g/mol. The van der Waals surface area contributed by atoms with Crippen molar-refractivity contribution in [3.05, 3.63) is 35.4 Å². The maximum atomic E-state index is 13.3. The molecule has 1 aromatic rings. The van der Waals surface area contributed by atoms with Gasteiger partial charge in [-0.15, -0.1) is 0 Å². The minimum absolute atomic E-state index is 0.0749. The molecule has 0 aromatic heterocycles. The highest BCUT2D eigenvalue weighted by molar-refractivity contribution is 5.88. The Morgan fingerprint density at radius 1 is 1.21 bits per heavy atom. The Morgan fingerprint density at radius 3 is 2.59 bits per heavy atom. The Kier molecular flexibility index (Phi) is 5.61. The van der Waals surface area contributed by atoms with Crippen molar-refractivity contribution in [2.45, 2.75) is 62.4 Å². The fourth-order valence-corrected chi connectivity index (χ4v) is 5.17. The molecule has 5 nitrogen and oxygen atoms in total. The highest BCUT2D eigenvalue weighted by atomic mass is 19.4. The van der Waals surface area contributed by atoms with Gasteiger partial charge >= 0.3 is 6.18 Å². The van der Waals surface area contributed by atoms with Crippen molar-refractivity contribution in [2.75, 3.05) is 26.3 Å². The molecule has 2 atom stereocenters. The number of alkyl halides is 3. The molecular formula is C21H28F3N3O2. The Labute approximate surface area is 168 Å². The standard InChI is InChI=1S/C21H28F3N3O2/c22-21(23,24)18(28)7-12-26-14-27(20(19(26)29)8-10-25-11-9-20)17-6-5-15-3-1-2-4-16(15)13-17/h1-4,17-18,25,28H,5-14H2/t17-,18-/m0/s1. The van der Waals surface area contributed by atoms with Crippen molar-refractivity contribution in [1.29, 1.82) is 0 Å². The average Bonchev–Trinajstić information content (AvgIpc) is 2.97. The van der Waals surface area contributed by atoms with Gasteiger partial charge in [-0.05, 0) is 62.7 Å². The van der Waals surface area contributed by atoms with Gasteiger partial charge in [-0.25, -0.2) is 0 Å². The van der Waals surface area contributed by atoms with Crippen LogP contribution in [0.1, 0.15) is 36.8 Å². The fourth-order valence-electron chi connectivity index (χ4n) is 5.17. The number of aryl methyl sites for hydroxylation is 1. The third-order valence-electron chi connectivity index (χ3n) is 6.80. The lowest BCUT2D eigenvalue weighted by molar-refractivity contribution is -0.206. The zero-order chi connectivity index (χ0) is 20.6. The minimum Gasteiger partial charge on any atom is -0.384 e. The van der Waals surface area contributed by atoms with Crippen molar-refractivity contribution in [3.8, 4) is 0 Å². The van der Waals surface area contributed by atoms with E-state index in [9.17, 15) is 23.1 Å². The average molecular weight is 411 g/mol. The number of fused-ring (bicyclic) bond motifs is 1. The number of hydrogen-bond donors (Lipinski definition) is 2. The zero-order valence-corrected chi connectivity index (χ0v) is 16.4. The SMILES string of the molecule is O=C1N(CC[C@H](O)C(F)(F)F)CN([C@H]2CCc3ccccc3C2)C12CCNCC2. The van der Waals surface area contributed by atoms with Gasteiger partial charge in [0, 0.05) is 12.6 Å². The van der Waals surface area contributed by atoms with E-state index in [4.69, 9.17) is 0 Å². The molecule has 1 spiro atoms. The maximum absolute atomic E-state index is 13.3. The Balaban J connectivity index is 1.53. The smallest absolute Gasteiger partial charge is 0.384 e. The van der Waals surface area contributed by atoms with Gasteiger partial charge in [0.15, 0.2) is 6.10 Å². The van der Waals surface area contributed by atoms with Crippen molar-refractivity contribution in [1.82, 2.24) is 15.1 Å². The molecule has 1 aromatic carbocycles. The van der Waals surface area contributed by atoms with E-state index in [-0.39, 0.29) is 18.5 Å². The van der Waals surface area contributed by atoms with E-state index < -0.39 is 24.2 Å². The van der Waals surface area contributed by atoms with E-state index in [2.05, 4.69) is 22.3 Å².